The van der Waals surface area contributed by atoms with E-state index >= 15 is 0 Å². The Balaban J connectivity index is 2.00. The third-order valence-corrected chi connectivity index (χ3v) is 3.62. The van der Waals surface area contributed by atoms with Crippen molar-refractivity contribution >= 4 is 5.91 Å². The average molecular weight is 287 g/mol. The number of rotatable bonds is 2. The number of hydrogen-bond donors (Lipinski definition) is 2. The Kier molecular flexibility index (Phi) is 4.20. The van der Waals surface area contributed by atoms with E-state index in [1.165, 1.54) is 12.1 Å². The maximum absolute atomic E-state index is 12.7. The third-order valence-electron chi connectivity index (χ3n) is 3.62. The van der Waals surface area contributed by atoms with Crippen LogP contribution in [0.3, 0.4) is 0 Å². The van der Waals surface area contributed by atoms with Crippen LogP contribution in [-0.4, -0.2) is 23.2 Å². The molecule has 1 fully saturated rings. The Hall–Kier alpha value is -1.72. The monoisotopic (exact) mass is 287 g/mol. The number of phenolic OH excluding ortho intramolecular Hbond substituents is 1. The number of phenols is 1. The van der Waals surface area contributed by atoms with Crippen LogP contribution in [0.5, 0.6) is 5.75 Å². The van der Waals surface area contributed by atoms with Crippen molar-refractivity contribution in [3.8, 4) is 5.75 Å². The van der Waals surface area contributed by atoms with E-state index in [1.54, 1.807) is 12.1 Å². The zero-order valence-corrected chi connectivity index (χ0v) is 10.8. The Morgan fingerprint density at radius 1 is 1.25 bits per heavy atom. The van der Waals surface area contributed by atoms with Gasteiger partial charge in [0.05, 0.1) is 11.5 Å². The molecule has 0 aliphatic heterocycles. The van der Waals surface area contributed by atoms with Gasteiger partial charge in [0.15, 0.2) is 0 Å². The molecule has 0 aromatic heterocycles. The molecule has 2 atom stereocenters. The third kappa shape index (κ3) is 3.43. The number of para-hydroxylation sites is 1. The van der Waals surface area contributed by atoms with Crippen LogP contribution in [0.25, 0.3) is 0 Å². The van der Waals surface area contributed by atoms with Crippen LogP contribution in [0.15, 0.2) is 24.3 Å². The van der Waals surface area contributed by atoms with Gasteiger partial charge in [-0.15, -0.1) is 0 Å². The van der Waals surface area contributed by atoms with Gasteiger partial charge in [0.25, 0.3) is 5.91 Å². The molecule has 6 heteroatoms. The van der Waals surface area contributed by atoms with Crippen LogP contribution in [0.4, 0.5) is 13.2 Å². The molecular formula is C14H16F3NO2. The Morgan fingerprint density at radius 2 is 1.95 bits per heavy atom. The van der Waals surface area contributed by atoms with Crippen molar-refractivity contribution in [2.75, 3.05) is 0 Å². The normalized spacial score (nSPS) is 23.4. The van der Waals surface area contributed by atoms with E-state index in [2.05, 4.69) is 5.32 Å². The molecule has 1 saturated carbocycles. The Morgan fingerprint density at radius 3 is 2.60 bits per heavy atom. The van der Waals surface area contributed by atoms with Gasteiger partial charge in [-0.1, -0.05) is 18.6 Å². The molecule has 0 radical (unpaired) electrons. The summed E-state index contributed by atoms with van der Waals surface area (Å²) in [6.45, 7) is 0. The molecule has 1 aliphatic rings. The van der Waals surface area contributed by atoms with Gasteiger partial charge in [-0.05, 0) is 31.4 Å². The van der Waals surface area contributed by atoms with Crippen molar-refractivity contribution < 1.29 is 23.1 Å². The number of benzene rings is 1. The van der Waals surface area contributed by atoms with Gasteiger partial charge in [-0.2, -0.15) is 13.2 Å². The topological polar surface area (TPSA) is 49.3 Å². The number of aromatic hydroxyl groups is 1. The number of alkyl halides is 3. The van der Waals surface area contributed by atoms with E-state index in [0.717, 1.165) is 0 Å². The molecular weight excluding hydrogens is 271 g/mol. The van der Waals surface area contributed by atoms with Crippen LogP contribution in [0, 0.1) is 5.92 Å². The molecule has 1 amide bonds. The number of halogens is 3. The van der Waals surface area contributed by atoms with Crippen molar-refractivity contribution in [3.63, 3.8) is 0 Å². The van der Waals surface area contributed by atoms with Crippen molar-refractivity contribution in [3.05, 3.63) is 29.8 Å². The highest BCUT2D eigenvalue weighted by molar-refractivity contribution is 5.96. The minimum Gasteiger partial charge on any atom is -0.507 e. The van der Waals surface area contributed by atoms with E-state index < -0.39 is 24.0 Å². The zero-order valence-electron chi connectivity index (χ0n) is 10.8. The minimum atomic E-state index is -4.21. The van der Waals surface area contributed by atoms with Gasteiger partial charge in [0, 0.05) is 6.04 Å². The second-order valence-corrected chi connectivity index (χ2v) is 5.09. The molecule has 0 saturated heterocycles. The second-order valence-electron chi connectivity index (χ2n) is 5.09. The quantitative estimate of drug-likeness (QED) is 0.877. The molecule has 2 N–H and O–H groups in total. The first kappa shape index (κ1) is 14.7. The first-order valence-electron chi connectivity index (χ1n) is 6.53. The van der Waals surface area contributed by atoms with Crippen LogP contribution in [0.1, 0.15) is 36.0 Å². The molecule has 0 spiro atoms. The summed E-state index contributed by atoms with van der Waals surface area (Å²) >= 11 is 0. The lowest BCUT2D eigenvalue weighted by Crippen LogP contribution is -2.41. The summed E-state index contributed by atoms with van der Waals surface area (Å²) in [6, 6.07) is 5.48. The lowest BCUT2D eigenvalue weighted by Gasteiger charge is -2.31. The Labute approximate surface area is 114 Å². The van der Waals surface area contributed by atoms with Crippen LogP contribution >= 0.6 is 0 Å². The smallest absolute Gasteiger partial charge is 0.391 e. The first-order valence-corrected chi connectivity index (χ1v) is 6.53. The Bertz CT molecular complexity index is 488. The van der Waals surface area contributed by atoms with E-state index in [0.29, 0.717) is 12.8 Å². The predicted octanol–water partition coefficient (Wildman–Crippen LogP) is 3.24. The summed E-state index contributed by atoms with van der Waals surface area (Å²) in [5.74, 6) is -2.06. The SMILES string of the molecule is O=C(N[C@@H]1CCC[C@H](C(F)(F)F)C1)c1ccccc1O. The van der Waals surface area contributed by atoms with Gasteiger partial charge in [-0.3, -0.25) is 4.79 Å². The summed E-state index contributed by atoms with van der Waals surface area (Å²) in [7, 11) is 0. The highest BCUT2D eigenvalue weighted by Gasteiger charge is 2.42. The van der Waals surface area contributed by atoms with Crippen LogP contribution in [-0.2, 0) is 0 Å². The molecule has 20 heavy (non-hydrogen) atoms. The number of carbonyl (C=O) groups is 1. The second kappa shape index (κ2) is 5.73. The summed E-state index contributed by atoms with van der Waals surface area (Å²) in [4.78, 5) is 11.9. The summed E-state index contributed by atoms with van der Waals surface area (Å²) in [6.07, 6.45) is -3.21. The largest absolute Gasteiger partial charge is 0.507 e. The summed E-state index contributed by atoms with van der Waals surface area (Å²) in [5.41, 5.74) is 0.0848. The molecule has 3 nitrogen and oxygen atoms in total. The number of amides is 1. The lowest BCUT2D eigenvalue weighted by atomic mass is 9.85. The van der Waals surface area contributed by atoms with Gasteiger partial charge < -0.3 is 10.4 Å². The van der Waals surface area contributed by atoms with E-state index in [-0.39, 0.29) is 24.2 Å². The van der Waals surface area contributed by atoms with E-state index in [1.807, 2.05) is 0 Å². The molecule has 1 aromatic carbocycles. The standard InChI is InChI=1S/C14H16F3NO2/c15-14(16,17)9-4-3-5-10(8-9)18-13(20)11-6-1-2-7-12(11)19/h1-2,6-7,9-10,19H,3-5,8H2,(H,18,20)/t9-,10+/m0/s1. The maximum atomic E-state index is 12.7. The molecule has 1 aliphatic carbocycles. The van der Waals surface area contributed by atoms with Gasteiger partial charge >= 0.3 is 6.18 Å². The molecule has 0 unspecified atom stereocenters. The predicted molar refractivity (Wildman–Crippen MR) is 67.4 cm³/mol. The number of hydrogen-bond acceptors (Lipinski definition) is 2. The van der Waals surface area contributed by atoms with Crippen molar-refractivity contribution in [2.24, 2.45) is 5.92 Å². The number of nitrogens with one attached hydrogen (secondary N) is 1. The maximum Gasteiger partial charge on any atom is 0.391 e. The molecule has 0 heterocycles. The fourth-order valence-corrected chi connectivity index (χ4v) is 2.55. The van der Waals surface area contributed by atoms with E-state index in [4.69, 9.17) is 0 Å². The zero-order chi connectivity index (χ0) is 14.8. The average Bonchev–Trinajstić information content (AvgIpc) is 2.38. The minimum absolute atomic E-state index is 0.0848. The van der Waals surface area contributed by atoms with Gasteiger partial charge in [0.2, 0.25) is 0 Å². The molecule has 2 rings (SSSR count). The highest BCUT2D eigenvalue weighted by Crippen LogP contribution is 2.37. The first-order chi connectivity index (χ1) is 9.38. The molecule has 110 valence electrons. The van der Waals surface area contributed by atoms with Gasteiger partial charge in [0.1, 0.15) is 5.75 Å². The summed E-state index contributed by atoms with van der Waals surface area (Å²) < 4.78 is 38.1. The molecule has 0 bridgehead atoms. The lowest BCUT2D eigenvalue weighted by molar-refractivity contribution is -0.183. The van der Waals surface area contributed by atoms with Crippen LogP contribution < -0.4 is 5.32 Å². The fraction of sp³-hybridized carbons (Fsp3) is 0.500. The van der Waals surface area contributed by atoms with Crippen molar-refractivity contribution in [1.29, 1.82) is 0 Å². The van der Waals surface area contributed by atoms with Crippen molar-refractivity contribution in [2.45, 2.75) is 37.9 Å². The summed E-state index contributed by atoms with van der Waals surface area (Å²) in [5, 5.41) is 12.1. The molecule has 1 aromatic rings. The van der Waals surface area contributed by atoms with Crippen molar-refractivity contribution in [1.82, 2.24) is 5.32 Å². The van der Waals surface area contributed by atoms with E-state index in [9.17, 15) is 23.1 Å². The fourth-order valence-electron chi connectivity index (χ4n) is 2.55. The highest BCUT2D eigenvalue weighted by atomic mass is 19.4. The van der Waals surface area contributed by atoms with Gasteiger partial charge in [-0.25, -0.2) is 0 Å². The van der Waals surface area contributed by atoms with Crippen LogP contribution in [0.2, 0.25) is 0 Å². The number of carbonyl (C=O) groups excluding carboxylic acids is 1.